The fraction of sp³-hybridized carbons (Fsp3) is 0.471. The van der Waals surface area contributed by atoms with E-state index < -0.39 is 6.03 Å². The Morgan fingerprint density at radius 3 is 3.12 bits per heavy atom. The number of benzene rings is 1. The van der Waals surface area contributed by atoms with E-state index in [0.29, 0.717) is 18.1 Å². The van der Waals surface area contributed by atoms with Crippen molar-refractivity contribution in [3.63, 3.8) is 0 Å². The van der Waals surface area contributed by atoms with Crippen molar-refractivity contribution in [2.24, 2.45) is 5.73 Å². The van der Waals surface area contributed by atoms with Crippen LogP contribution in [0.25, 0.3) is 0 Å². The van der Waals surface area contributed by atoms with Crippen LogP contribution < -0.4 is 16.4 Å². The van der Waals surface area contributed by atoms with Gasteiger partial charge in [-0.05, 0) is 19.5 Å². The van der Waals surface area contributed by atoms with Crippen molar-refractivity contribution in [1.29, 1.82) is 0 Å². The summed E-state index contributed by atoms with van der Waals surface area (Å²) in [5.41, 5.74) is 7.39. The van der Waals surface area contributed by atoms with Crippen molar-refractivity contribution in [1.82, 2.24) is 25.7 Å². The normalized spacial score (nSPS) is 19.5. The molecule has 2 atom stereocenters. The summed E-state index contributed by atoms with van der Waals surface area (Å²) in [6, 6.07) is 7.10. The minimum absolute atomic E-state index is 0.0905. The highest BCUT2D eigenvalue weighted by Gasteiger charge is 2.26. The minimum atomic E-state index is -0.581. The van der Waals surface area contributed by atoms with Gasteiger partial charge in [0.2, 0.25) is 5.89 Å². The van der Waals surface area contributed by atoms with Gasteiger partial charge in [-0.2, -0.15) is 4.98 Å². The number of piperazine rings is 1. The van der Waals surface area contributed by atoms with Crippen molar-refractivity contribution in [3.05, 3.63) is 47.1 Å². The molecule has 0 saturated carbocycles. The number of likely N-dealkylation sites (N-methyl/N-ethyl adjacent to an activating group) is 1. The number of aromatic nitrogens is 2. The largest absolute Gasteiger partial charge is 0.352 e. The first-order valence-corrected chi connectivity index (χ1v) is 8.39. The zero-order valence-electron chi connectivity index (χ0n) is 14.5. The van der Waals surface area contributed by atoms with Gasteiger partial charge in [-0.3, -0.25) is 4.90 Å². The first kappa shape index (κ1) is 17.4. The first-order valence-electron chi connectivity index (χ1n) is 8.39. The number of aryl methyl sites for hydroxylation is 1. The van der Waals surface area contributed by atoms with Gasteiger partial charge in [0.1, 0.15) is 0 Å². The molecule has 0 bridgehead atoms. The lowest BCUT2D eigenvalue weighted by molar-refractivity contribution is 0.190. The van der Waals surface area contributed by atoms with Gasteiger partial charge in [0.05, 0.1) is 18.5 Å². The molecule has 0 radical (unpaired) electrons. The lowest BCUT2D eigenvalue weighted by Gasteiger charge is -2.30. The van der Waals surface area contributed by atoms with E-state index in [1.54, 1.807) is 0 Å². The number of carbonyl (C=O) groups is 1. The van der Waals surface area contributed by atoms with Crippen molar-refractivity contribution in [2.45, 2.75) is 25.4 Å². The SMILES string of the molecule is Cc1cccc(C(Cc2nc(C3CNCCN3C)no2)NC(N)=O)c1. The van der Waals surface area contributed by atoms with Crippen molar-refractivity contribution < 1.29 is 9.32 Å². The molecular weight excluding hydrogens is 320 g/mol. The molecule has 1 aliphatic heterocycles. The van der Waals surface area contributed by atoms with E-state index in [2.05, 4.69) is 25.7 Å². The van der Waals surface area contributed by atoms with Crippen LogP contribution in [0.1, 0.15) is 34.9 Å². The minimum Gasteiger partial charge on any atom is -0.352 e. The van der Waals surface area contributed by atoms with Crippen LogP contribution in [0.5, 0.6) is 0 Å². The van der Waals surface area contributed by atoms with Gasteiger partial charge in [0.15, 0.2) is 5.82 Å². The van der Waals surface area contributed by atoms with E-state index in [1.807, 2.05) is 38.2 Å². The van der Waals surface area contributed by atoms with Crippen LogP contribution in [-0.4, -0.2) is 47.8 Å². The predicted octanol–water partition coefficient (Wildman–Crippen LogP) is 0.906. The summed E-state index contributed by atoms with van der Waals surface area (Å²) in [5, 5.41) is 10.2. The molecule has 2 amide bonds. The Balaban J connectivity index is 1.77. The van der Waals surface area contributed by atoms with Gasteiger partial charge in [-0.15, -0.1) is 0 Å². The van der Waals surface area contributed by atoms with Gasteiger partial charge in [0, 0.05) is 19.6 Å². The molecule has 0 aliphatic carbocycles. The lowest BCUT2D eigenvalue weighted by Crippen LogP contribution is -2.44. The van der Waals surface area contributed by atoms with Gasteiger partial charge >= 0.3 is 6.03 Å². The first-order chi connectivity index (χ1) is 12.0. The second kappa shape index (κ2) is 7.62. The van der Waals surface area contributed by atoms with E-state index in [-0.39, 0.29) is 12.1 Å². The maximum atomic E-state index is 11.4. The third-order valence-corrected chi connectivity index (χ3v) is 4.43. The van der Waals surface area contributed by atoms with Crippen LogP contribution in [0.4, 0.5) is 4.79 Å². The van der Waals surface area contributed by atoms with Crippen LogP contribution in [-0.2, 0) is 6.42 Å². The maximum absolute atomic E-state index is 11.4. The quantitative estimate of drug-likeness (QED) is 0.744. The Bertz CT molecular complexity index is 731. The van der Waals surface area contributed by atoms with Gasteiger partial charge in [0.25, 0.3) is 0 Å². The average Bonchev–Trinajstić information content (AvgIpc) is 3.02. The molecular formula is C17H24N6O2. The zero-order valence-corrected chi connectivity index (χ0v) is 14.5. The number of amides is 2. The molecule has 1 fully saturated rings. The second-order valence-electron chi connectivity index (χ2n) is 6.43. The average molecular weight is 344 g/mol. The Morgan fingerprint density at radius 1 is 1.56 bits per heavy atom. The number of nitrogens with zero attached hydrogens (tertiary/aromatic N) is 3. The number of hydrogen-bond donors (Lipinski definition) is 3. The summed E-state index contributed by atoms with van der Waals surface area (Å²) < 4.78 is 5.42. The summed E-state index contributed by atoms with van der Waals surface area (Å²) >= 11 is 0. The van der Waals surface area contributed by atoms with Crippen molar-refractivity contribution in [3.8, 4) is 0 Å². The van der Waals surface area contributed by atoms with E-state index in [0.717, 1.165) is 30.8 Å². The summed E-state index contributed by atoms with van der Waals surface area (Å²) in [6.45, 7) is 4.68. The second-order valence-corrected chi connectivity index (χ2v) is 6.43. The molecule has 3 rings (SSSR count). The summed E-state index contributed by atoms with van der Waals surface area (Å²) in [4.78, 5) is 18.1. The zero-order chi connectivity index (χ0) is 17.8. The van der Waals surface area contributed by atoms with Crippen LogP contribution in [0.3, 0.4) is 0 Å². The molecule has 134 valence electrons. The summed E-state index contributed by atoms with van der Waals surface area (Å²) in [7, 11) is 2.05. The molecule has 8 nitrogen and oxygen atoms in total. The van der Waals surface area contributed by atoms with E-state index in [9.17, 15) is 4.79 Å². The highest BCUT2D eigenvalue weighted by molar-refractivity contribution is 5.72. The number of hydrogen-bond acceptors (Lipinski definition) is 6. The number of nitrogens with two attached hydrogens (primary N) is 1. The van der Waals surface area contributed by atoms with Crippen LogP contribution >= 0.6 is 0 Å². The molecule has 2 aromatic rings. The smallest absolute Gasteiger partial charge is 0.312 e. The number of nitrogens with one attached hydrogen (secondary N) is 2. The van der Waals surface area contributed by atoms with Crippen LogP contribution in [0.2, 0.25) is 0 Å². The fourth-order valence-corrected chi connectivity index (χ4v) is 3.07. The number of primary amides is 1. The summed E-state index contributed by atoms with van der Waals surface area (Å²) in [5.74, 6) is 1.14. The molecule has 2 heterocycles. The third kappa shape index (κ3) is 4.34. The lowest BCUT2D eigenvalue weighted by atomic mass is 10.0. The van der Waals surface area contributed by atoms with Gasteiger partial charge in [-0.1, -0.05) is 35.0 Å². The Morgan fingerprint density at radius 2 is 2.40 bits per heavy atom. The Labute approximate surface area is 146 Å². The predicted molar refractivity (Wildman–Crippen MR) is 92.9 cm³/mol. The van der Waals surface area contributed by atoms with Crippen LogP contribution in [0.15, 0.2) is 28.8 Å². The highest BCUT2D eigenvalue weighted by Crippen LogP contribution is 2.22. The van der Waals surface area contributed by atoms with Crippen molar-refractivity contribution >= 4 is 6.03 Å². The van der Waals surface area contributed by atoms with Crippen LogP contribution in [0, 0.1) is 6.92 Å². The molecule has 1 aromatic carbocycles. The molecule has 4 N–H and O–H groups in total. The van der Waals surface area contributed by atoms with E-state index in [4.69, 9.17) is 10.3 Å². The standard InChI is InChI=1S/C17H24N6O2/c1-11-4-3-5-12(8-11)13(20-17(18)24)9-15-21-16(22-25-15)14-10-19-6-7-23(14)2/h3-5,8,13-14,19H,6-7,9-10H2,1-2H3,(H3,18,20,24). The number of carbonyl (C=O) groups excluding carboxylic acids is 1. The van der Waals surface area contributed by atoms with E-state index in [1.165, 1.54) is 0 Å². The van der Waals surface area contributed by atoms with Gasteiger partial charge < -0.3 is 20.9 Å². The maximum Gasteiger partial charge on any atom is 0.312 e. The topological polar surface area (TPSA) is 109 Å². The summed E-state index contributed by atoms with van der Waals surface area (Å²) in [6.07, 6.45) is 0.392. The molecule has 25 heavy (non-hydrogen) atoms. The fourth-order valence-electron chi connectivity index (χ4n) is 3.07. The molecule has 8 heteroatoms. The third-order valence-electron chi connectivity index (χ3n) is 4.43. The van der Waals surface area contributed by atoms with Crippen molar-refractivity contribution in [2.75, 3.05) is 26.7 Å². The Kier molecular flexibility index (Phi) is 5.30. The molecule has 1 aromatic heterocycles. The number of rotatable bonds is 5. The molecule has 1 aliphatic rings. The van der Waals surface area contributed by atoms with E-state index >= 15 is 0 Å². The molecule has 1 saturated heterocycles. The number of urea groups is 1. The monoisotopic (exact) mass is 344 g/mol. The highest BCUT2D eigenvalue weighted by atomic mass is 16.5. The Hall–Kier alpha value is -2.45. The van der Waals surface area contributed by atoms with Gasteiger partial charge in [-0.25, -0.2) is 4.79 Å². The molecule has 2 unspecified atom stereocenters. The molecule has 0 spiro atoms.